The average Bonchev–Trinajstić information content (AvgIpc) is 3.22. The van der Waals surface area contributed by atoms with Crippen molar-refractivity contribution in [3.8, 4) is 0 Å². The Bertz CT molecular complexity index is 1150. The minimum Gasteiger partial charge on any atom is -0.322 e. The highest BCUT2D eigenvalue weighted by atomic mass is 35.5. The average molecular weight is 429 g/mol. The Morgan fingerprint density at radius 2 is 2.04 bits per heavy atom. The number of nitrogens with one attached hydrogen (secondary N) is 1. The number of fused-ring (bicyclic) bond motifs is 1. The zero-order chi connectivity index (χ0) is 19.7. The molecule has 28 heavy (non-hydrogen) atoms. The number of rotatable bonds is 5. The van der Waals surface area contributed by atoms with Crippen LogP contribution in [0.1, 0.15) is 21.6 Å². The fraction of sp³-hybridized carbons (Fsp3) is 0.150. The van der Waals surface area contributed by atoms with E-state index in [4.69, 9.17) is 11.6 Å². The monoisotopic (exact) mass is 428 g/mol. The van der Waals surface area contributed by atoms with Gasteiger partial charge in [-0.3, -0.25) is 4.79 Å². The number of halogens is 1. The van der Waals surface area contributed by atoms with Gasteiger partial charge >= 0.3 is 0 Å². The molecule has 0 aliphatic rings. The molecule has 0 aliphatic carbocycles. The molecule has 0 fully saturated rings. The highest BCUT2D eigenvalue weighted by Gasteiger charge is 2.21. The summed E-state index contributed by atoms with van der Waals surface area (Å²) in [6.07, 6.45) is 2.00. The summed E-state index contributed by atoms with van der Waals surface area (Å²) in [6.45, 7) is 2.30. The molecular formula is C20H17ClN4OS2. The van der Waals surface area contributed by atoms with Gasteiger partial charge in [0, 0.05) is 5.69 Å². The number of thiazole rings is 1. The number of carbonyl (C=O) groups excluding carboxylic acids is 1. The predicted octanol–water partition coefficient (Wildman–Crippen LogP) is 5.48. The van der Waals surface area contributed by atoms with Crippen molar-refractivity contribution in [2.24, 2.45) is 0 Å². The van der Waals surface area contributed by atoms with Gasteiger partial charge < -0.3 is 5.32 Å². The summed E-state index contributed by atoms with van der Waals surface area (Å²) in [4.78, 5) is 17.4. The maximum atomic E-state index is 12.9. The van der Waals surface area contributed by atoms with Gasteiger partial charge in [0.05, 0.1) is 28.0 Å². The lowest BCUT2D eigenvalue weighted by molar-refractivity contribution is 0.102. The highest BCUT2D eigenvalue weighted by molar-refractivity contribution is 8.00. The van der Waals surface area contributed by atoms with Gasteiger partial charge in [-0.15, -0.1) is 11.3 Å². The molecule has 0 bridgehead atoms. The molecule has 0 atom stereocenters. The van der Waals surface area contributed by atoms with E-state index in [2.05, 4.69) is 15.4 Å². The summed E-state index contributed by atoms with van der Waals surface area (Å²) in [7, 11) is 0. The lowest BCUT2D eigenvalue weighted by Gasteiger charge is -2.06. The summed E-state index contributed by atoms with van der Waals surface area (Å²) >= 11 is 9.70. The first kappa shape index (κ1) is 19.0. The third-order valence-corrected chi connectivity index (χ3v) is 6.66. The Balaban J connectivity index is 1.58. The third-order valence-electron chi connectivity index (χ3n) is 4.27. The van der Waals surface area contributed by atoms with E-state index >= 15 is 0 Å². The van der Waals surface area contributed by atoms with Gasteiger partial charge in [0.15, 0.2) is 4.34 Å². The quantitative estimate of drug-likeness (QED) is 0.428. The van der Waals surface area contributed by atoms with Crippen LogP contribution in [0.4, 0.5) is 5.69 Å². The molecule has 0 aliphatic heterocycles. The topological polar surface area (TPSA) is 59.8 Å². The van der Waals surface area contributed by atoms with Crippen LogP contribution in [0.5, 0.6) is 0 Å². The van der Waals surface area contributed by atoms with Crippen LogP contribution in [-0.2, 0) is 6.54 Å². The second-order valence-electron chi connectivity index (χ2n) is 6.21. The van der Waals surface area contributed by atoms with Gasteiger partial charge in [-0.2, -0.15) is 5.10 Å². The van der Waals surface area contributed by atoms with Gasteiger partial charge in [-0.1, -0.05) is 53.7 Å². The van der Waals surface area contributed by atoms with E-state index < -0.39 is 0 Å². The van der Waals surface area contributed by atoms with E-state index in [1.165, 1.54) is 0 Å². The molecular weight excluding hydrogens is 412 g/mol. The Morgan fingerprint density at radius 3 is 2.79 bits per heavy atom. The number of aryl methyl sites for hydroxylation is 1. The molecule has 0 saturated carbocycles. The molecule has 0 saturated heterocycles. The molecule has 0 radical (unpaired) electrons. The van der Waals surface area contributed by atoms with Gasteiger partial charge in [-0.25, -0.2) is 9.67 Å². The van der Waals surface area contributed by atoms with Crippen LogP contribution in [0.3, 0.4) is 0 Å². The van der Waals surface area contributed by atoms with Crippen LogP contribution >= 0.6 is 34.7 Å². The number of nitrogens with zero attached hydrogens (tertiary/aromatic N) is 3. The molecule has 4 aromatic rings. The van der Waals surface area contributed by atoms with Crippen molar-refractivity contribution >= 4 is 56.5 Å². The molecule has 1 amide bonds. The van der Waals surface area contributed by atoms with E-state index in [9.17, 15) is 4.79 Å². The van der Waals surface area contributed by atoms with Crippen molar-refractivity contribution in [1.82, 2.24) is 14.8 Å². The largest absolute Gasteiger partial charge is 0.322 e. The zero-order valence-corrected chi connectivity index (χ0v) is 17.7. The summed E-state index contributed by atoms with van der Waals surface area (Å²) in [6, 6.07) is 15.6. The van der Waals surface area contributed by atoms with Crippen LogP contribution in [0.25, 0.3) is 10.2 Å². The van der Waals surface area contributed by atoms with E-state index in [0.29, 0.717) is 28.6 Å². The molecule has 2 aromatic carbocycles. The van der Waals surface area contributed by atoms with E-state index in [1.54, 1.807) is 34.7 Å². The van der Waals surface area contributed by atoms with Crippen molar-refractivity contribution in [2.75, 3.05) is 11.6 Å². The molecule has 142 valence electrons. The maximum Gasteiger partial charge on any atom is 0.260 e. The molecule has 0 unspecified atom stereocenters. The van der Waals surface area contributed by atoms with E-state index in [0.717, 1.165) is 20.1 Å². The fourth-order valence-electron chi connectivity index (χ4n) is 2.93. The number of aromatic nitrogens is 3. The van der Waals surface area contributed by atoms with Crippen molar-refractivity contribution in [2.45, 2.75) is 17.8 Å². The molecule has 2 aromatic heterocycles. The van der Waals surface area contributed by atoms with Crippen molar-refractivity contribution < 1.29 is 4.79 Å². The number of carbonyl (C=O) groups is 1. The van der Waals surface area contributed by atoms with Gasteiger partial charge in [-0.05, 0) is 36.9 Å². The standard InChI is InChI=1S/C20H17ClN4OS2/c1-12-17(18(21)25(24-12)11-13-6-4-3-5-7-13)19(26)22-14-8-9-15-16(10-14)28-20(23-15)27-2/h3-10H,11H2,1-2H3,(H,22,26). The van der Waals surface area contributed by atoms with Crippen LogP contribution in [0.2, 0.25) is 5.15 Å². The Hall–Kier alpha value is -2.35. The fourth-order valence-corrected chi connectivity index (χ4v) is 4.78. The van der Waals surface area contributed by atoms with Crippen molar-refractivity contribution in [3.63, 3.8) is 0 Å². The minimum atomic E-state index is -0.268. The molecule has 0 spiro atoms. The molecule has 8 heteroatoms. The SMILES string of the molecule is CSc1nc2ccc(NC(=O)c3c(C)nn(Cc4ccccc4)c3Cl)cc2s1. The molecule has 5 nitrogen and oxygen atoms in total. The van der Waals surface area contributed by atoms with Crippen LogP contribution in [0.15, 0.2) is 52.9 Å². The van der Waals surface area contributed by atoms with Gasteiger partial charge in [0.25, 0.3) is 5.91 Å². The van der Waals surface area contributed by atoms with Crippen molar-refractivity contribution in [3.05, 3.63) is 70.5 Å². The number of amides is 1. The predicted molar refractivity (Wildman–Crippen MR) is 117 cm³/mol. The van der Waals surface area contributed by atoms with Crippen molar-refractivity contribution in [1.29, 1.82) is 0 Å². The molecule has 1 N–H and O–H groups in total. The van der Waals surface area contributed by atoms with E-state index in [-0.39, 0.29) is 5.91 Å². The van der Waals surface area contributed by atoms with Crippen LogP contribution in [0, 0.1) is 6.92 Å². The lowest BCUT2D eigenvalue weighted by Crippen LogP contribution is -2.13. The van der Waals surface area contributed by atoms with Gasteiger partial charge in [0.2, 0.25) is 0 Å². The van der Waals surface area contributed by atoms with Crippen LogP contribution in [-0.4, -0.2) is 26.9 Å². The second kappa shape index (κ2) is 7.95. The maximum absolute atomic E-state index is 12.9. The summed E-state index contributed by atoms with van der Waals surface area (Å²) < 4.78 is 3.68. The second-order valence-corrected chi connectivity index (χ2v) is 8.66. The summed E-state index contributed by atoms with van der Waals surface area (Å²) in [5, 5.41) is 7.71. The number of thioether (sulfide) groups is 1. The molecule has 4 rings (SSSR count). The smallest absolute Gasteiger partial charge is 0.260 e. The first-order chi connectivity index (χ1) is 13.5. The summed E-state index contributed by atoms with van der Waals surface area (Å²) in [5.41, 5.74) is 3.70. The number of hydrogen-bond donors (Lipinski definition) is 1. The first-order valence-corrected chi connectivity index (χ1v) is 11.0. The van der Waals surface area contributed by atoms with Crippen LogP contribution < -0.4 is 5.32 Å². The Kier molecular flexibility index (Phi) is 5.39. The summed E-state index contributed by atoms with van der Waals surface area (Å²) in [5.74, 6) is -0.268. The minimum absolute atomic E-state index is 0.268. The molecule has 2 heterocycles. The Labute approximate surface area is 175 Å². The number of hydrogen-bond acceptors (Lipinski definition) is 5. The first-order valence-electron chi connectivity index (χ1n) is 8.58. The zero-order valence-electron chi connectivity index (χ0n) is 15.3. The normalized spacial score (nSPS) is 11.1. The van der Waals surface area contributed by atoms with Gasteiger partial charge in [0.1, 0.15) is 5.15 Å². The highest BCUT2D eigenvalue weighted by Crippen LogP contribution is 2.30. The van der Waals surface area contributed by atoms with E-state index in [1.807, 2.05) is 54.8 Å². The number of benzene rings is 2. The lowest BCUT2D eigenvalue weighted by atomic mass is 10.2. The number of anilines is 1. The Morgan fingerprint density at radius 1 is 1.25 bits per heavy atom. The third kappa shape index (κ3) is 3.78.